The lowest BCUT2D eigenvalue weighted by atomic mass is 10.3. The molecule has 0 saturated heterocycles. The van der Waals surface area contributed by atoms with Gasteiger partial charge in [0.2, 0.25) is 0 Å². The predicted molar refractivity (Wildman–Crippen MR) is 149 cm³/mol. The van der Waals surface area contributed by atoms with Crippen LogP contribution in [0.15, 0.2) is 78.2 Å². The van der Waals surface area contributed by atoms with Crippen molar-refractivity contribution < 1.29 is 0 Å². The van der Waals surface area contributed by atoms with Gasteiger partial charge in [-0.3, -0.25) is 0 Å². The van der Waals surface area contributed by atoms with E-state index in [1.165, 1.54) is 48.8 Å². The van der Waals surface area contributed by atoms with E-state index in [0.29, 0.717) is 0 Å². The molecule has 0 amide bonds. The van der Waals surface area contributed by atoms with Gasteiger partial charge < -0.3 is 5.73 Å². The SMILES string of the molecule is Nc1ccc(-c2ccc(-c3ccc(Cc4ccc(-c5ccc(-c6cccs6)s5)s4)s3)s2)s1. The Morgan fingerprint density at radius 1 is 0.469 bits per heavy atom. The molecule has 0 unspecified atom stereocenters. The molecule has 0 aliphatic rings. The third kappa shape index (κ3) is 4.17. The molecule has 32 heavy (non-hydrogen) atoms. The Morgan fingerprint density at radius 3 is 1.44 bits per heavy atom. The Hall–Kier alpha value is -2.00. The van der Waals surface area contributed by atoms with Crippen LogP contribution in [0.4, 0.5) is 5.00 Å². The minimum absolute atomic E-state index is 0.869. The standard InChI is InChI=1S/C25H17NS6/c26-25-12-11-24(32-25)23-10-9-22(31-23)20-6-4-16(29-20)14-15-3-5-19(28-15)21-8-7-18(30-21)17-2-1-13-27-17/h1-13H,14,26H2. The van der Waals surface area contributed by atoms with E-state index < -0.39 is 0 Å². The molecule has 6 rings (SSSR count). The van der Waals surface area contributed by atoms with E-state index in [0.717, 1.165) is 11.4 Å². The van der Waals surface area contributed by atoms with E-state index in [-0.39, 0.29) is 0 Å². The molecule has 0 aliphatic heterocycles. The zero-order valence-corrected chi connectivity index (χ0v) is 21.6. The molecule has 0 aromatic carbocycles. The fourth-order valence-electron chi connectivity index (χ4n) is 3.49. The van der Waals surface area contributed by atoms with Crippen molar-refractivity contribution in [3.8, 4) is 39.0 Å². The number of hydrogen-bond acceptors (Lipinski definition) is 7. The lowest BCUT2D eigenvalue weighted by molar-refractivity contribution is 1.31. The minimum atomic E-state index is 0.869. The van der Waals surface area contributed by atoms with Crippen molar-refractivity contribution in [3.05, 3.63) is 87.9 Å². The molecular weight excluding hydrogens is 507 g/mol. The van der Waals surface area contributed by atoms with Crippen molar-refractivity contribution in [3.63, 3.8) is 0 Å². The van der Waals surface area contributed by atoms with Gasteiger partial charge in [0.05, 0.1) is 5.00 Å². The molecule has 0 bridgehead atoms. The van der Waals surface area contributed by atoms with Crippen LogP contribution in [0.2, 0.25) is 0 Å². The van der Waals surface area contributed by atoms with Crippen LogP contribution in [0.1, 0.15) is 9.75 Å². The second kappa shape index (κ2) is 8.74. The van der Waals surface area contributed by atoms with Crippen LogP contribution in [-0.2, 0) is 6.42 Å². The molecule has 6 heterocycles. The lowest BCUT2D eigenvalue weighted by Gasteiger charge is -1.94. The Bertz CT molecular complexity index is 1470. The van der Waals surface area contributed by atoms with Gasteiger partial charge in [0.1, 0.15) is 0 Å². The van der Waals surface area contributed by atoms with Crippen LogP contribution in [-0.4, -0.2) is 0 Å². The second-order valence-electron chi connectivity index (χ2n) is 7.22. The molecule has 0 atom stereocenters. The maximum Gasteiger partial charge on any atom is 0.0863 e. The number of hydrogen-bond donors (Lipinski definition) is 1. The first-order valence-electron chi connectivity index (χ1n) is 9.99. The first-order chi connectivity index (χ1) is 15.7. The summed E-state index contributed by atoms with van der Waals surface area (Å²) in [5.74, 6) is 0. The van der Waals surface area contributed by atoms with Crippen molar-refractivity contribution in [1.82, 2.24) is 0 Å². The van der Waals surface area contributed by atoms with Crippen molar-refractivity contribution in [2.45, 2.75) is 6.42 Å². The zero-order chi connectivity index (χ0) is 21.5. The van der Waals surface area contributed by atoms with Crippen LogP contribution >= 0.6 is 68.0 Å². The number of rotatable bonds is 6. The Balaban J connectivity index is 1.17. The van der Waals surface area contributed by atoms with Crippen LogP contribution in [0, 0.1) is 0 Å². The highest BCUT2D eigenvalue weighted by Gasteiger charge is 2.12. The maximum atomic E-state index is 5.90. The second-order valence-corrected chi connectivity index (χ2v) is 13.8. The summed E-state index contributed by atoms with van der Waals surface area (Å²) < 4.78 is 0. The summed E-state index contributed by atoms with van der Waals surface area (Å²) in [5, 5.41) is 3.01. The van der Waals surface area contributed by atoms with Gasteiger partial charge in [-0.2, -0.15) is 0 Å². The van der Waals surface area contributed by atoms with Gasteiger partial charge in [0.25, 0.3) is 0 Å². The van der Waals surface area contributed by atoms with E-state index in [1.54, 1.807) is 22.7 Å². The Morgan fingerprint density at radius 2 is 0.938 bits per heavy atom. The molecule has 0 saturated carbocycles. The smallest absolute Gasteiger partial charge is 0.0863 e. The summed E-state index contributed by atoms with van der Waals surface area (Å²) in [6.07, 6.45) is 0.998. The largest absolute Gasteiger partial charge is 0.391 e. The molecule has 0 radical (unpaired) electrons. The van der Waals surface area contributed by atoms with Crippen LogP contribution in [0.25, 0.3) is 39.0 Å². The van der Waals surface area contributed by atoms with Crippen molar-refractivity contribution >= 4 is 73.0 Å². The number of nitrogens with two attached hydrogens (primary N) is 1. The maximum absolute atomic E-state index is 5.90. The van der Waals surface area contributed by atoms with Gasteiger partial charge >= 0.3 is 0 Å². The van der Waals surface area contributed by atoms with Gasteiger partial charge in [0.15, 0.2) is 0 Å². The fourth-order valence-corrected chi connectivity index (χ4v) is 9.54. The highest BCUT2D eigenvalue weighted by molar-refractivity contribution is 7.28. The number of thiophene rings is 6. The predicted octanol–water partition coefficient (Wildman–Crippen LogP) is 9.90. The van der Waals surface area contributed by atoms with Gasteiger partial charge in [-0.25, -0.2) is 0 Å². The summed E-state index contributed by atoms with van der Waals surface area (Å²) in [7, 11) is 0. The average molecular weight is 524 g/mol. The molecule has 1 nitrogen and oxygen atoms in total. The van der Waals surface area contributed by atoms with E-state index in [2.05, 4.69) is 72.1 Å². The molecule has 0 spiro atoms. The highest BCUT2D eigenvalue weighted by atomic mass is 32.1. The molecular formula is C25H17NS6. The molecule has 0 aliphatic carbocycles. The van der Waals surface area contributed by atoms with Gasteiger partial charge in [-0.1, -0.05) is 6.07 Å². The van der Waals surface area contributed by atoms with Crippen molar-refractivity contribution in [2.24, 2.45) is 0 Å². The van der Waals surface area contributed by atoms with E-state index in [4.69, 9.17) is 5.73 Å². The highest BCUT2D eigenvalue weighted by Crippen LogP contribution is 2.42. The number of anilines is 1. The van der Waals surface area contributed by atoms with Crippen LogP contribution < -0.4 is 5.73 Å². The molecule has 0 fully saturated rings. The fraction of sp³-hybridized carbons (Fsp3) is 0.0400. The summed E-state index contributed by atoms with van der Waals surface area (Å²) in [6, 6.07) is 26.5. The monoisotopic (exact) mass is 523 g/mol. The molecule has 158 valence electrons. The Labute approximate surface area is 210 Å². The molecule has 7 heteroatoms. The zero-order valence-electron chi connectivity index (χ0n) is 16.7. The normalized spacial score (nSPS) is 11.4. The molecule has 6 aromatic heterocycles. The van der Waals surface area contributed by atoms with E-state index in [1.807, 2.05) is 51.4 Å². The summed E-state index contributed by atoms with van der Waals surface area (Å²) in [4.78, 5) is 13.5. The summed E-state index contributed by atoms with van der Waals surface area (Å²) >= 11 is 11.0. The first kappa shape index (κ1) is 20.6. The third-order valence-electron chi connectivity index (χ3n) is 5.00. The topological polar surface area (TPSA) is 26.0 Å². The number of nitrogen functional groups attached to an aromatic ring is 1. The minimum Gasteiger partial charge on any atom is -0.391 e. The van der Waals surface area contributed by atoms with Crippen LogP contribution in [0.5, 0.6) is 0 Å². The summed E-state index contributed by atoms with van der Waals surface area (Å²) in [5.41, 5.74) is 5.90. The van der Waals surface area contributed by atoms with Gasteiger partial charge in [0, 0.05) is 55.2 Å². The van der Waals surface area contributed by atoms with Gasteiger partial charge in [-0.05, 0) is 72.1 Å². The third-order valence-corrected chi connectivity index (χ3v) is 11.9. The average Bonchev–Trinajstić information content (AvgIpc) is 3.62. The quantitative estimate of drug-likeness (QED) is 0.231. The Kier molecular flexibility index (Phi) is 5.63. The van der Waals surface area contributed by atoms with Crippen LogP contribution in [0.3, 0.4) is 0 Å². The van der Waals surface area contributed by atoms with Crippen molar-refractivity contribution in [1.29, 1.82) is 0 Å². The van der Waals surface area contributed by atoms with E-state index in [9.17, 15) is 0 Å². The van der Waals surface area contributed by atoms with Crippen molar-refractivity contribution in [2.75, 3.05) is 5.73 Å². The lowest BCUT2D eigenvalue weighted by Crippen LogP contribution is -1.76. The first-order valence-corrected chi connectivity index (χ1v) is 14.9. The summed E-state index contributed by atoms with van der Waals surface area (Å²) in [6.45, 7) is 0. The molecule has 6 aromatic rings. The molecule has 2 N–H and O–H groups in total. The van der Waals surface area contributed by atoms with E-state index >= 15 is 0 Å². The van der Waals surface area contributed by atoms with Gasteiger partial charge in [-0.15, -0.1) is 68.0 Å².